The third-order valence-electron chi connectivity index (χ3n) is 4.29. The van der Waals surface area contributed by atoms with Crippen molar-refractivity contribution in [3.8, 4) is 0 Å². The van der Waals surface area contributed by atoms with Gasteiger partial charge in [0.2, 0.25) is 0 Å². The third kappa shape index (κ3) is 3.07. The van der Waals surface area contributed by atoms with Crippen molar-refractivity contribution in [1.29, 1.82) is 0 Å². The maximum Gasteiger partial charge on any atom is 0.0268 e. The Morgan fingerprint density at radius 1 is 1.20 bits per heavy atom. The van der Waals surface area contributed by atoms with E-state index in [1.807, 2.05) is 0 Å². The first-order chi connectivity index (χ1) is 7.20. The molecule has 0 unspecified atom stereocenters. The molecule has 2 rings (SSSR count). The Bertz CT molecular complexity index is 221. The SMILES string of the molecule is C=C(Br)CNC1CCC2(CCCC2)CC1. The molecule has 86 valence electrons. The predicted molar refractivity (Wildman–Crippen MR) is 69.2 cm³/mol. The summed E-state index contributed by atoms with van der Waals surface area (Å²) in [5.41, 5.74) is 0.767. The summed E-state index contributed by atoms with van der Waals surface area (Å²) in [7, 11) is 0. The first-order valence-corrected chi connectivity index (χ1v) is 7.06. The van der Waals surface area contributed by atoms with Gasteiger partial charge in [0.25, 0.3) is 0 Å². The Morgan fingerprint density at radius 2 is 1.80 bits per heavy atom. The Labute approximate surface area is 102 Å². The summed E-state index contributed by atoms with van der Waals surface area (Å²) in [5.74, 6) is 0. The lowest BCUT2D eigenvalue weighted by Crippen LogP contribution is -2.37. The van der Waals surface area contributed by atoms with Crippen LogP contribution < -0.4 is 5.32 Å². The first kappa shape index (κ1) is 11.7. The second-order valence-corrected chi connectivity index (χ2v) is 6.50. The van der Waals surface area contributed by atoms with Crippen molar-refractivity contribution >= 4 is 15.9 Å². The third-order valence-corrected chi connectivity index (χ3v) is 4.57. The van der Waals surface area contributed by atoms with Gasteiger partial charge >= 0.3 is 0 Å². The molecule has 2 saturated carbocycles. The van der Waals surface area contributed by atoms with Crippen molar-refractivity contribution in [1.82, 2.24) is 5.32 Å². The lowest BCUT2D eigenvalue weighted by Gasteiger charge is -2.37. The summed E-state index contributed by atoms with van der Waals surface area (Å²) in [6.45, 7) is 4.79. The summed E-state index contributed by atoms with van der Waals surface area (Å²) in [6.07, 6.45) is 11.6. The van der Waals surface area contributed by atoms with E-state index < -0.39 is 0 Å². The zero-order chi connectivity index (χ0) is 10.7. The largest absolute Gasteiger partial charge is 0.309 e. The molecule has 2 heteroatoms. The zero-order valence-corrected chi connectivity index (χ0v) is 11.1. The highest BCUT2D eigenvalue weighted by Crippen LogP contribution is 2.48. The quantitative estimate of drug-likeness (QED) is 0.819. The van der Waals surface area contributed by atoms with Gasteiger partial charge in [0.15, 0.2) is 0 Å². The molecule has 0 radical (unpaired) electrons. The Balaban J connectivity index is 1.74. The second-order valence-electron chi connectivity index (χ2n) is 5.38. The number of nitrogens with one attached hydrogen (secondary N) is 1. The van der Waals surface area contributed by atoms with Gasteiger partial charge in [0.05, 0.1) is 0 Å². The van der Waals surface area contributed by atoms with Gasteiger partial charge in [-0.3, -0.25) is 0 Å². The van der Waals surface area contributed by atoms with E-state index in [2.05, 4.69) is 27.8 Å². The molecule has 1 spiro atoms. The molecule has 0 atom stereocenters. The Hall–Kier alpha value is 0.180. The zero-order valence-electron chi connectivity index (χ0n) is 9.53. The van der Waals surface area contributed by atoms with E-state index in [4.69, 9.17) is 0 Å². The van der Waals surface area contributed by atoms with Crippen LogP contribution in [-0.4, -0.2) is 12.6 Å². The Kier molecular flexibility index (Phi) is 3.89. The number of hydrogen-bond donors (Lipinski definition) is 1. The molecule has 0 aliphatic heterocycles. The minimum atomic E-state index is 0.741. The molecule has 2 aliphatic carbocycles. The standard InChI is InChI=1S/C13H22BrN/c1-11(14)10-15-12-4-8-13(9-5-12)6-2-3-7-13/h12,15H,1-10H2. The van der Waals surface area contributed by atoms with Gasteiger partial charge in [-0.15, -0.1) is 0 Å². The van der Waals surface area contributed by atoms with Crippen LogP contribution in [0.2, 0.25) is 0 Å². The highest BCUT2D eigenvalue weighted by atomic mass is 79.9. The summed E-state index contributed by atoms with van der Waals surface area (Å²) >= 11 is 3.40. The highest BCUT2D eigenvalue weighted by molar-refractivity contribution is 9.11. The van der Waals surface area contributed by atoms with Gasteiger partial charge in [-0.2, -0.15) is 0 Å². The van der Waals surface area contributed by atoms with E-state index in [0.717, 1.165) is 22.5 Å². The van der Waals surface area contributed by atoms with Crippen molar-refractivity contribution in [2.45, 2.75) is 57.4 Å². The van der Waals surface area contributed by atoms with E-state index in [1.54, 1.807) is 0 Å². The maximum atomic E-state index is 3.86. The van der Waals surface area contributed by atoms with Gasteiger partial charge in [-0.25, -0.2) is 0 Å². The van der Waals surface area contributed by atoms with Crippen molar-refractivity contribution in [2.24, 2.45) is 5.41 Å². The molecule has 0 aromatic rings. The molecule has 0 aromatic carbocycles. The van der Waals surface area contributed by atoms with Crippen LogP contribution in [0, 0.1) is 5.41 Å². The van der Waals surface area contributed by atoms with E-state index in [0.29, 0.717) is 0 Å². The Morgan fingerprint density at radius 3 is 2.33 bits per heavy atom. The van der Waals surface area contributed by atoms with E-state index in [-0.39, 0.29) is 0 Å². The molecule has 0 saturated heterocycles. The smallest absolute Gasteiger partial charge is 0.0268 e. The van der Waals surface area contributed by atoms with Crippen molar-refractivity contribution in [3.05, 3.63) is 11.1 Å². The number of hydrogen-bond acceptors (Lipinski definition) is 1. The van der Waals surface area contributed by atoms with Gasteiger partial charge in [-0.05, 0) is 43.9 Å². The van der Waals surface area contributed by atoms with Crippen LogP contribution >= 0.6 is 15.9 Å². The average molecular weight is 272 g/mol. The summed E-state index contributed by atoms with van der Waals surface area (Å²) in [4.78, 5) is 0. The van der Waals surface area contributed by atoms with Crippen LogP contribution in [0.4, 0.5) is 0 Å². The van der Waals surface area contributed by atoms with Gasteiger partial charge in [0.1, 0.15) is 0 Å². The minimum Gasteiger partial charge on any atom is -0.309 e. The van der Waals surface area contributed by atoms with Crippen molar-refractivity contribution < 1.29 is 0 Å². The van der Waals surface area contributed by atoms with Crippen LogP contribution in [0.1, 0.15) is 51.4 Å². The van der Waals surface area contributed by atoms with Crippen LogP contribution in [0.25, 0.3) is 0 Å². The molecule has 0 bridgehead atoms. The maximum absolute atomic E-state index is 3.86. The summed E-state index contributed by atoms with van der Waals surface area (Å²) in [6, 6.07) is 0.741. The minimum absolute atomic E-state index is 0.741. The van der Waals surface area contributed by atoms with Gasteiger partial charge in [-0.1, -0.05) is 35.4 Å². The van der Waals surface area contributed by atoms with Crippen LogP contribution in [0.15, 0.2) is 11.1 Å². The fourth-order valence-electron chi connectivity index (χ4n) is 3.31. The fourth-order valence-corrected chi connectivity index (χ4v) is 3.48. The molecular formula is C13H22BrN. The lowest BCUT2D eigenvalue weighted by atomic mass is 9.71. The van der Waals surface area contributed by atoms with Crippen LogP contribution in [0.5, 0.6) is 0 Å². The number of rotatable bonds is 3. The monoisotopic (exact) mass is 271 g/mol. The van der Waals surface area contributed by atoms with Crippen molar-refractivity contribution in [3.63, 3.8) is 0 Å². The van der Waals surface area contributed by atoms with Crippen LogP contribution in [-0.2, 0) is 0 Å². The van der Waals surface area contributed by atoms with E-state index in [9.17, 15) is 0 Å². The molecule has 2 aliphatic rings. The first-order valence-electron chi connectivity index (χ1n) is 6.27. The predicted octanol–water partition coefficient (Wildman–Crippen LogP) is 3.99. The lowest BCUT2D eigenvalue weighted by molar-refractivity contribution is 0.170. The second kappa shape index (κ2) is 5.01. The highest BCUT2D eigenvalue weighted by Gasteiger charge is 2.37. The normalized spacial score (nSPS) is 25.9. The van der Waals surface area contributed by atoms with Gasteiger partial charge in [0, 0.05) is 17.1 Å². The van der Waals surface area contributed by atoms with E-state index in [1.165, 1.54) is 51.4 Å². The molecular weight excluding hydrogens is 250 g/mol. The van der Waals surface area contributed by atoms with Crippen molar-refractivity contribution in [2.75, 3.05) is 6.54 Å². The van der Waals surface area contributed by atoms with E-state index >= 15 is 0 Å². The molecule has 1 N–H and O–H groups in total. The molecule has 0 heterocycles. The average Bonchev–Trinajstić information content (AvgIpc) is 2.66. The topological polar surface area (TPSA) is 12.0 Å². The fraction of sp³-hybridized carbons (Fsp3) is 0.846. The molecule has 1 nitrogen and oxygen atoms in total. The molecule has 15 heavy (non-hydrogen) atoms. The van der Waals surface area contributed by atoms with Gasteiger partial charge < -0.3 is 5.32 Å². The molecule has 0 aromatic heterocycles. The molecule has 2 fully saturated rings. The summed E-state index contributed by atoms with van der Waals surface area (Å²) in [5, 5.41) is 3.58. The molecule has 0 amide bonds. The number of halogens is 1. The summed E-state index contributed by atoms with van der Waals surface area (Å²) < 4.78 is 1.07. The van der Waals surface area contributed by atoms with Crippen LogP contribution in [0.3, 0.4) is 0 Å².